The van der Waals surface area contributed by atoms with Crippen molar-refractivity contribution in [2.24, 2.45) is 10.9 Å². The first kappa shape index (κ1) is 22.4. The van der Waals surface area contributed by atoms with Crippen molar-refractivity contribution in [3.8, 4) is 0 Å². The fraction of sp³-hybridized carbons (Fsp3) is 0.435. The highest BCUT2D eigenvalue weighted by molar-refractivity contribution is 9.10. The summed E-state index contributed by atoms with van der Waals surface area (Å²) in [5, 5.41) is 8.25. The van der Waals surface area contributed by atoms with Gasteiger partial charge in [0.2, 0.25) is 5.91 Å². The number of piperidine rings is 1. The Morgan fingerprint density at radius 2 is 1.94 bits per heavy atom. The zero-order valence-corrected chi connectivity index (χ0v) is 20.0. The van der Waals surface area contributed by atoms with E-state index in [-0.39, 0.29) is 30.3 Å². The van der Waals surface area contributed by atoms with Gasteiger partial charge < -0.3 is 10.2 Å². The molecule has 9 heteroatoms. The van der Waals surface area contributed by atoms with Crippen LogP contribution in [0.25, 0.3) is 10.9 Å². The van der Waals surface area contributed by atoms with Crippen molar-refractivity contribution < 1.29 is 14.4 Å². The smallest absolute Gasteiger partial charge is 0.254 e. The topological polar surface area (TPSA) is 96.7 Å². The molecule has 8 nitrogen and oxygen atoms in total. The number of likely N-dealkylation sites (tertiary alicyclic amines) is 1. The van der Waals surface area contributed by atoms with Crippen LogP contribution in [0.4, 0.5) is 0 Å². The van der Waals surface area contributed by atoms with Crippen LogP contribution in [0.1, 0.15) is 50.0 Å². The van der Waals surface area contributed by atoms with Crippen LogP contribution in [0.2, 0.25) is 0 Å². The minimum absolute atomic E-state index is 0.0952. The number of carbonyl (C=O) groups excluding carboxylic acids is 3. The van der Waals surface area contributed by atoms with Gasteiger partial charge in [-0.05, 0) is 44.9 Å². The van der Waals surface area contributed by atoms with Crippen molar-refractivity contribution in [1.29, 1.82) is 0 Å². The van der Waals surface area contributed by atoms with Crippen LogP contribution in [-0.4, -0.2) is 57.7 Å². The summed E-state index contributed by atoms with van der Waals surface area (Å²) in [4.78, 5) is 42.8. The Kier molecular flexibility index (Phi) is 6.28. The molecule has 168 valence electrons. The summed E-state index contributed by atoms with van der Waals surface area (Å²) >= 11 is 3.52. The largest absolute Gasteiger partial charge is 0.351 e. The summed E-state index contributed by atoms with van der Waals surface area (Å²) in [7, 11) is 0. The molecule has 3 amide bonds. The second-order valence-corrected chi connectivity index (χ2v) is 9.37. The van der Waals surface area contributed by atoms with Crippen LogP contribution in [0.3, 0.4) is 0 Å². The zero-order valence-electron chi connectivity index (χ0n) is 18.4. The Labute approximate surface area is 194 Å². The molecule has 0 spiro atoms. The monoisotopic (exact) mass is 499 g/mol. The quantitative estimate of drug-likeness (QED) is 0.697. The molecule has 1 N–H and O–H groups in total. The summed E-state index contributed by atoms with van der Waals surface area (Å²) in [6.45, 7) is 6.86. The van der Waals surface area contributed by atoms with E-state index in [1.165, 1.54) is 0 Å². The van der Waals surface area contributed by atoms with Crippen LogP contribution in [0.5, 0.6) is 0 Å². The van der Waals surface area contributed by atoms with Gasteiger partial charge in [-0.2, -0.15) is 5.10 Å². The summed E-state index contributed by atoms with van der Waals surface area (Å²) < 4.78 is 2.74. The number of amides is 3. The fourth-order valence-corrected chi connectivity index (χ4v) is 4.91. The third kappa shape index (κ3) is 4.39. The standard InChI is InChI=1S/C23H26BrN5O3/c1-13-8-14(2)27-23(32)19(13)11-25-22(31)18-9-16(24)10-21-20(18)12-26-29(21)17-4-6-28(7-5-17)15(3)30/h8-10,12,17,19H,4-7,11H2,1-3H3,(H,25,31). The molecule has 3 heterocycles. The number of carbonyl (C=O) groups is 3. The fourth-order valence-electron chi connectivity index (χ4n) is 4.46. The second-order valence-electron chi connectivity index (χ2n) is 8.45. The van der Waals surface area contributed by atoms with Gasteiger partial charge in [0.05, 0.1) is 29.2 Å². The number of fused-ring (bicyclic) bond motifs is 1. The van der Waals surface area contributed by atoms with Gasteiger partial charge in [-0.1, -0.05) is 21.5 Å². The van der Waals surface area contributed by atoms with E-state index < -0.39 is 5.92 Å². The predicted molar refractivity (Wildman–Crippen MR) is 126 cm³/mol. The maximum atomic E-state index is 13.1. The third-order valence-electron chi connectivity index (χ3n) is 6.22. The maximum absolute atomic E-state index is 13.1. The number of hydrogen-bond acceptors (Lipinski definition) is 4. The molecule has 2 aliphatic rings. The summed E-state index contributed by atoms with van der Waals surface area (Å²) in [6, 6.07) is 3.91. The molecule has 0 saturated carbocycles. The highest BCUT2D eigenvalue weighted by Crippen LogP contribution is 2.30. The lowest BCUT2D eigenvalue weighted by Crippen LogP contribution is -2.37. The number of allylic oxidation sites excluding steroid dienone is 1. The molecule has 2 aliphatic heterocycles. The van der Waals surface area contributed by atoms with Crippen molar-refractivity contribution in [3.63, 3.8) is 0 Å². The Balaban J connectivity index is 1.54. The molecule has 0 bridgehead atoms. The number of nitrogens with zero attached hydrogens (tertiary/aromatic N) is 4. The number of nitrogens with one attached hydrogen (secondary N) is 1. The van der Waals surface area contributed by atoms with E-state index in [9.17, 15) is 14.4 Å². The van der Waals surface area contributed by atoms with E-state index in [1.807, 2.05) is 28.6 Å². The molecular formula is C23H26BrN5O3. The van der Waals surface area contributed by atoms with E-state index in [0.29, 0.717) is 24.4 Å². The van der Waals surface area contributed by atoms with Crippen molar-refractivity contribution in [2.75, 3.05) is 19.6 Å². The van der Waals surface area contributed by atoms with E-state index >= 15 is 0 Å². The van der Waals surface area contributed by atoms with Gasteiger partial charge in [0.25, 0.3) is 11.8 Å². The zero-order chi connectivity index (χ0) is 23.0. The molecule has 1 saturated heterocycles. The van der Waals surface area contributed by atoms with Crippen LogP contribution < -0.4 is 5.32 Å². The molecule has 1 aromatic heterocycles. The van der Waals surface area contributed by atoms with Gasteiger partial charge in [-0.3, -0.25) is 19.1 Å². The number of hydrogen-bond donors (Lipinski definition) is 1. The number of rotatable bonds is 4. The maximum Gasteiger partial charge on any atom is 0.254 e. The number of dihydropyridines is 1. The highest BCUT2D eigenvalue weighted by Gasteiger charge is 2.27. The lowest BCUT2D eigenvalue weighted by Gasteiger charge is -2.31. The molecule has 1 atom stereocenters. The summed E-state index contributed by atoms with van der Waals surface area (Å²) in [5.41, 5.74) is 2.96. The molecule has 2 aromatic rings. The average molecular weight is 500 g/mol. The van der Waals surface area contributed by atoms with Crippen molar-refractivity contribution >= 4 is 50.3 Å². The Bertz CT molecular complexity index is 1160. The van der Waals surface area contributed by atoms with Crippen molar-refractivity contribution in [3.05, 3.63) is 40.0 Å². The first-order valence-electron chi connectivity index (χ1n) is 10.7. The Morgan fingerprint density at radius 1 is 1.22 bits per heavy atom. The van der Waals surface area contributed by atoms with Gasteiger partial charge >= 0.3 is 0 Å². The van der Waals surface area contributed by atoms with Crippen LogP contribution >= 0.6 is 15.9 Å². The molecule has 0 radical (unpaired) electrons. The van der Waals surface area contributed by atoms with Gasteiger partial charge in [-0.25, -0.2) is 4.99 Å². The number of benzene rings is 1. The molecule has 1 aromatic carbocycles. The lowest BCUT2D eigenvalue weighted by atomic mass is 9.95. The SMILES string of the molecule is CC(=O)N1CCC(n2ncc3c(C(=O)NCC4C(=O)N=C(C)C=C4C)cc(Br)cc32)CC1. The number of aliphatic imine (C=N–C) groups is 1. The summed E-state index contributed by atoms with van der Waals surface area (Å²) in [6.07, 6.45) is 5.23. The van der Waals surface area contributed by atoms with Gasteiger partial charge in [0, 0.05) is 42.1 Å². The minimum atomic E-state index is -0.445. The predicted octanol–water partition coefficient (Wildman–Crippen LogP) is 3.28. The Morgan fingerprint density at radius 3 is 2.59 bits per heavy atom. The minimum Gasteiger partial charge on any atom is -0.351 e. The molecule has 1 unspecified atom stereocenters. The van der Waals surface area contributed by atoms with Gasteiger partial charge in [-0.15, -0.1) is 0 Å². The molecule has 1 fully saturated rings. The Hall–Kier alpha value is -2.81. The molecule has 4 rings (SSSR count). The second kappa shape index (κ2) is 8.97. The molecule has 32 heavy (non-hydrogen) atoms. The molecule has 0 aliphatic carbocycles. The third-order valence-corrected chi connectivity index (χ3v) is 6.68. The molecular weight excluding hydrogens is 474 g/mol. The van der Waals surface area contributed by atoms with Crippen LogP contribution in [0, 0.1) is 5.92 Å². The van der Waals surface area contributed by atoms with E-state index in [1.54, 1.807) is 26.1 Å². The summed E-state index contributed by atoms with van der Waals surface area (Å²) in [5.74, 6) is -0.835. The highest BCUT2D eigenvalue weighted by atomic mass is 79.9. The first-order chi connectivity index (χ1) is 15.2. The average Bonchev–Trinajstić information content (AvgIpc) is 3.15. The van der Waals surface area contributed by atoms with Gasteiger partial charge in [0.15, 0.2) is 0 Å². The van der Waals surface area contributed by atoms with Crippen molar-refractivity contribution in [1.82, 2.24) is 20.0 Å². The lowest BCUT2D eigenvalue weighted by molar-refractivity contribution is -0.130. The van der Waals surface area contributed by atoms with Crippen LogP contribution in [0.15, 0.2) is 39.4 Å². The van der Waals surface area contributed by atoms with E-state index in [2.05, 4.69) is 31.3 Å². The number of halogens is 1. The first-order valence-corrected chi connectivity index (χ1v) is 11.5. The van der Waals surface area contributed by atoms with Gasteiger partial charge in [0.1, 0.15) is 0 Å². The normalized spacial score (nSPS) is 19.7. The van der Waals surface area contributed by atoms with Crippen molar-refractivity contribution in [2.45, 2.75) is 39.7 Å². The number of aromatic nitrogens is 2. The van der Waals surface area contributed by atoms with Crippen LogP contribution in [-0.2, 0) is 9.59 Å². The van der Waals surface area contributed by atoms with E-state index in [0.717, 1.165) is 33.8 Å². The van der Waals surface area contributed by atoms with E-state index in [4.69, 9.17) is 0 Å².